The molecule has 0 spiro atoms. The number of carbonyl (C=O) groups excluding carboxylic acids is 1. The molecule has 28 heavy (non-hydrogen) atoms. The molecular formula is C23H28N4O. The molecule has 1 aromatic heterocycles. The van der Waals surface area contributed by atoms with Crippen LogP contribution in [0.25, 0.3) is 11.0 Å². The Labute approximate surface area is 166 Å². The maximum atomic E-state index is 12.8. The molecule has 3 aromatic rings. The summed E-state index contributed by atoms with van der Waals surface area (Å²) in [6.45, 7) is 7.69. The largest absolute Gasteiger partial charge is 0.327 e. The number of fused-ring (bicyclic) bond motifs is 1. The Balaban J connectivity index is 1.45. The van der Waals surface area contributed by atoms with Crippen molar-refractivity contribution in [1.82, 2.24) is 14.5 Å². The van der Waals surface area contributed by atoms with Gasteiger partial charge in [-0.15, -0.1) is 0 Å². The van der Waals surface area contributed by atoms with Gasteiger partial charge in [0.05, 0.1) is 23.5 Å². The first-order valence-electron chi connectivity index (χ1n) is 10.2. The number of carbonyl (C=O) groups is 1. The molecule has 4 rings (SSSR count). The first-order chi connectivity index (χ1) is 13.6. The number of likely N-dealkylation sites (tertiary alicyclic amines) is 1. The Morgan fingerprint density at radius 1 is 1.21 bits per heavy atom. The summed E-state index contributed by atoms with van der Waals surface area (Å²) in [4.78, 5) is 20.0. The molecule has 1 atom stereocenters. The molecule has 5 nitrogen and oxygen atoms in total. The number of hydrogen-bond acceptors (Lipinski definition) is 3. The molecule has 1 aliphatic heterocycles. The first-order valence-corrected chi connectivity index (χ1v) is 10.2. The van der Waals surface area contributed by atoms with E-state index in [1.54, 1.807) is 0 Å². The third kappa shape index (κ3) is 3.94. The van der Waals surface area contributed by atoms with Crippen LogP contribution in [0.4, 0.5) is 5.69 Å². The van der Waals surface area contributed by atoms with Crippen molar-refractivity contribution in [1.29, 1.82) is 0 Å². The highest BCUT2D eigenvalue weighted by Crippen LogP contribution is 2.22. The predicted octanol–water partition coefficient (Wildman–Crippen LogP) is 4.22. The number of rotatable bonds is 5. The molecule has 0 unspecified atom stereocenters. The summed E-state index contributed by atoms with van der Waals surface area (Å²) < 4.78 is 2.28. The monoisotopic (exact) mass is 376 g/mol. The van der Waals surface area contributed by atoms with E-state index in [4.69, 9.17) is 4.98 Å². The quantitative estimate of drug-likeness (QED) is 0.725. The molecule has 0 aliphatic carbocycles. The summed E-state index contributed by atoms with van der Waals surface area (Å²) in [7, 11) is 0. The lowest BCUT2D eigenvalue weighted by atomic mass is 9.97. The lowest BCUT2D eigenvalue weighted by Gasteiger charge is -2.31. The van der Waals surface area contributed by atoms with Crippen molar-refractivity contribution < 1.29 is 4.79 Å². The summed E-state index contributed by atoms with van der Waals surface area (Å²) in [5.74, 6) is 1.23. The molecule has 146 valence electrons. The van der Waals surface area contributed by atoms with E-state index in [-0.39, 0.29) is 11.8 Å². The zero-order valence-electron chi connectivity index (χ0n) is 16.7. The zero-order valence-corrected chi connectivity index (χ0v) is 16.7. The Morgan fingerprint density at radius 3 is 2.89 bits per heavy atom. The van der Waals surface area contributed by atoms with Crippen molar-refractivity contribution in [3.05, 3.63) is 59.9 Å². The van der Waals surface area contributed by atoms with E-state index in [9.17, 15) is 4.79 Å². The number of aryl methyl sites for hydroxylation is 2. The fourth-order valence-electron chi connectivity index (χ4n) is 4.18. The maximum Gasteiger partial charge on any atom is 0.228 e. The van der Waals surface area contributed by atoms with Gasteiger partial charge in [0.15, 0.2) is 0 Å². The van der Waals surface area contributed by atoms with Crippen LogP contribution >= 0.6 is 0 Å². The van der Waals surface area contributed by atoms with Gasteiger partial charge < -0.3 is 9.88 Å². The molecule has 5 heteroatoms. The van der Waals surface area contributed by atoms with E-state index in [0.29, 0.717) is 0 Å². The van der Waals surface area contributed by atoms with Crippen molar-refractivity contribution in [2.75, 3.05) is 18.4 Å². The number of nitrogens with zero attached hydrogens (tertiary/aromatic N) is 3. The molecule has 1 amide bonds. The van der Waals surface area contributed by atoms with Gasteiger partial charge in [-0.05, 0) is 63.1 Å². The van der Waals surface area contributed by atoms with Crippen LogP contribution in [0.2, 0.25) is 0 Å². The fourth-order valence-corrected chi connectivity index (χ4v) is 4.18. The molecular weight excluding hydrogens is 348 g/mol. The highest BCUT2D eigenvalue weighted by molar-refractivity contribution is 5.92. The number of nitrogens with one attached hydrogen (secondary N) is 1. The minimum absolute atomic E-state index is 0.0220. The van der Waals surface area contributed by atoms with Gasteiger partial charge in [0.2, 0.25) is 5.91 Å². The van der Waals surface area contributed by atoms with E-state index >= 15 is 0 Å². The Bertz CT molecular complexity index is 978. The molecule has 0 saturated carbocycles. The summed E-state index contributed by atoms with van der Waals surface area (Å²) in [5, 5.41) is 3.09. The van der Waals surface area contributed by atoms with Gasteiger partial charge in [-0.3, -0.25) is 9.69 Å². The SMILES string of the molecule is CCn1c(CN2CCC[C@H](C(=O)Nc3cccc(C)c3)C2)nc2ccccc21. The third-order valence-corrected chi connectivity index (χ3v) is 5.58. The van der Waals surface area contributed by atoms with Crippen LogP contribution < -0.4 is 5.32 Å². The van der Waals surface area contributed by atoms with E-state index in [1.165, 1.54) is 5.52 Å². The minimum atomic E-state index is 0.0220. The smallest absolute Gasteiger partial charge is 0.228 e. The predicted molar refractivity (Wildman–Crippen MR) is 113 cm³/mol. The number of anilines is 1. The number of amides is 1. The van der Waals surface area contributed by atoms with Gasteiger partial charge in [-0.1, -0.05) is 24.3 Å². The van der Waals surface area contributed by atoms with Crippen molar-refractivity contribution >= 4 is 22.6 Å². The molecule has 1 aliphatic rings. The number of hydrogen-bond donors (Lipinski definition) is 1. The summed E-state index contributed by atoms with van der Waals surface area (Å²) in [6.07, 6.45) is 1.98. The van der Waals surface area contributed by atoms with Crippen LogP contribution in [0.5, 0.6) is 0 Å². The summed E-state index contributed by atoms with van der Waals surface area (Å²) >= 11 is 0. The number of benzene rings is 2. The van der Waals surface area contributed by atoms with Crippen molar-refractivity contribution in [3.8, 4) is 0 Å². The molecule has 2 heterocycles. The first kappa shape index (κ1) is 18.7. The lowest BCUT2D eigenvalue weighted by molar-refractivity contribution is -0.121. The average Bonchev–Trinajstić information content (AvgIpc) is 3.05. The molecule has 2 aromatic carbocycles. The minimum Gasteiger partial charge on any atom is -0.327 e. The number of imidazole rings is 1. The van der Waals surface area contributed by atoms with Crippen LogP contribution in [0.15, 0.2) is 48.5 Å². The average molecular weight is 377 g/mol. The van der Waals surface area contributed by atoms with Crippen LogP contribution in [0, 0.1) is 12.8 Å². The summed E-state index contributed by atoms with van der Waals surface area (Å²) in [5.41, 5.74) is 4.27. The molecule has 0 radical (unpaired) electrons. The van der Waals surface area contributed by atoms with Crippen molar-refractivity contribution in [2.45, 2.75) is 39.8 Å². The highest BCUT2D eigenvalue weighted by atomic mass is 16.1. The Morgan fingerprint density at radius 2 is 2.07 bits per heavy atom. The van der Waals surface area contributed by atoms with Gasteiger partial charge in [0, 0.05) is 18.8 Å². The maximum absolute atomic E-state index is 12.8. The van der Waals surface area contributed by atoms with Gasteiger partial charge in [0.1, 0.15) is 5.82 Å². The van der Waals surface area contributed by atoms with E-state index in [2.05, 4.69) is 39.9 Å². The second-order valence-corrected chi connectivity index (χ2v) is 7.69. The third-order valence-electron chi connectivity index (χ3n) is 5.58. The highest BCUT2D eigenvalue weighted by Gasteiger charge is 2.27. The number of para-hydroxylation sites is 2. The Kier molecular flexibility index (Phi) is 5.44. The van der Waals surface area contributed by atoms with Crippen LogP contribution in [-0.2, 0) is 17.9 Å². The fraction of sp³-hybridized carbons (Fsp3) is 0.391. The van der Waals surface area contributed by atoms with E-state index in [0.717, 1.165) is 61.6 Å². The van der Waals surface area contributed by atoms with Crippen LogP contribution in [-0.4, -0.2) is 33.4 Å². The van der Waals surface area contributed by atoms with Gasteiger partial charge in [-0.2, -0.15) is 0 Å². The number of piperidine rings is 1. The van der Waals surface area contributed by atoms with Crippen molar-refractivity contribution in [3.63, 3.8) is 0 Å². The topological polar surface area (TPSA) is 50.2 Å². The summed E-state index contributed by atoms with van der Waals surface area (Å²) in [6, 6.07) is 16.3. The van der Waals surface area contributed by atoms with Crippen LogP contribution in [0.1, 0.15) is 31.2 Å². The standard InChI is InChI=1S/C23H28N4O/c1-3-27-21-12-5-4-11-20(21)25-22(27)16-26-13-7-9-18(15-26)23(28)24-19-10-6-8-17(2)14-19/h4-6,8,10-12,14,18H,3,7,9,13,15-16H2,1-2H3,(H,24,28)/t18-/m0/s1. The normalized spacial score (nSPS) is 17.7. The van der Waals surface area contributed by atoms with Gasteiger partial charge in [-0.25, -0.2) is 4.98 Å². The number of aromatic nitrogens is 2. The van der Waals surface area contributed by atoms with Crippen molar-refractivity contribution in [2.24, 2.45) is 5.92 Å². The second kappa shape index (κ2) is 8.15. The zero-order chi connectivity index (χ0) is 19.5. The van der Waals surface area contributed by atoms with E-state index in [1.807, 2.05) is 37.3 Å². The van der Waals surface area contributed by atoms with E-state index < -0.39 is 0 Å². The molecule has 1 saturated heterocycles. The van der Waals surface area contributed by atoms with Gasteiger partial charge in [0.25, 0.3) is 0 Å². The van der Waals surface area contributed by atoms with Crippen LogP contribution in [0.3, 0.4) is 0 Å². The molecule has 0 bridgehead atoms. The molecule has 1 N–H and O–H groups in total. The van der Waals surface area contributed by atoms with Gasteiger partial charge >= 0.3 is 0 Å². The second-order valence-electron chi connectivity index (χ2n) is 7.69. The Hall–Kier alpha value is -2.66. The lowest BCUT2D eigenvalue weighted by Crippen LogP contribution is -2.40. The molecule has 1 fully saturated rings.